The van der Waals surface area contributed by atoms with E-state index in [1.807, 2.05) is 0 Å². The number of nitrogens with one attached hydrogen (secondary N) is 2. The average molecular weight is 376 g/mol. The number of carbonyl (C=O) groups is 1. The summed E-state index contributed by atoms with van der Waals surface area (Å²) >= 11 is 0. The predicted octanol–water partition coefficient (Wildman–Crippen LogP) is 2.86. The summed E-state index contributed by atoms with van der Waals surface area (Å²) in [6.45, 7) is 4.17. The Bertz CT molecular complexity index is 908. The van der Waals surface area contributed by atoms with Crippen molar-refractivity contribution in [2.75, 3.05) is 23.3 Å². The molecule has 1 amide bonds. The van der Waals surface area contributed by atoms with Crippen LogP contribution in [0.5, 0.6) is 11.5 Å². The van der Waals surface area contributed by atoms with Crippen LogP contribution in [0.3, 0.4) is 0 Å². The zero-order valence-electron chi connectivity index (χ0n) is 14.5. The van der Waals surface area contributed by atoms with Crippen LogP contribution in [0.1, 0.15) is 24.2 Å². The number of carbonyl (C=O) groups excluding carboxylic acids is 1. The van der Waals surface area contributed by atoms with Gasteiger partial charge in [0.05, 0.1) is 5.25 Å². The minimum atomic E-state index is -3.42. The van der Waals surface area contributed by atoms with E-state index >= 15 is 0 Å². The highest BCUT2D eigenvalue weighted by Crippen LogP contribution is 2.32. The van der Waals surface area contributed by atoms with E-state index in [1.54, 1.807) is 56.3 Å². The quantitative estimate of drug-likeness (QED) is 0.837. The number of sulfonamides is 1. The zero-order chi connectivity index (χ0) is 18.7. The molecule has 0 unspecified atom stereocenters. The van der Waals surface area contributed by atoms with Crippen LogP contribution >= 0.6 is 0 Å². The standard InChI is InChI=1S/C18H20N2O5S/c1-12(2)26(22,23)20-14-5-3-13(4-6-14)18(21)19-15-7-8-16-17(11-15)25-10-9-24-16/h3-8,11-12,20H,9-10H2,1-2H3,(H,19,21). The van der Waals surface area contributed by atoms with Crippen molar-refractivity contribution in [2.45, 2.75) is 19.1 Å². The summed E-state index contributed by atoms with van der Waals surface area (Å²) < 4.78 is 37.1. The second-order valence-electron chi connectivity index (χ2n) is 6.09. The van der Waals surface area contributed by atoms with E-state index in [9.17, 15) is 13.2 Å². The molecule has 2 aromatic carbocycles. The maximum absolute atomic E-state index is 12.4. The normalized spacial score (nSPS) is 13.3. The Hall–Kier alpha value is -2.74. The molecule has 138 valence electrons. The highest BCUT2D eigenvalue weighted by Gasteiger charge is 2.16. The Morgan fingerprint density at radius 1 is 0.962 bits per heavy atom. The molecule has 0 saturated heterocycles. The summed E-state index contributed by atoms with van der Waals surface area (Å²) in [4.78, 5) is 12.4. The molecule has 0 atom stereocenters. The van der Waals surface area contributed by atoms with E-state index in [2.05, 4.69) is 10.0 Å². The summed E-state index contributed by atoms with van der Waals surface area (Å²) in [7, 11) is -3.42. The molecule has 7 nitrogen and oxygen atoms in total. The second kappa shape index (κ2) is 7.25. The molecular formula is C18H20N2O5S. The molecule has 26 heavy (non-hydrogen) atoms. The molecule has 8 heteroatoms. The smallest absolute Gasteiger partial charge is 0.255 e. The minimum absolute atomic E-state index is 0.306. The fourth-order valence-corrected chi connectivity index (χ4v) is 3.00. The Labute approximate surface area is 152 Å². The zero-order valence-corrected chi connectivity index (χ0v) is 15.3. The third-order valence-electron chi connectivity index (χ3n) is 3.83. The van der Waals surface area contributed by atoms with Crippen LogP contribution in [-0.2, 0) is 10.0 Å². The van der Waals surface area contributed by atoms with E-state index in [0.29, 0.717) is 41.7 Å². The van der Waals surface area contributed by atoms with Gasteiger partial charge < -0.3 is 14.8 Å². The molecule has 2 aromatic rings. The van der Waals surface area contributed by atoms with Crippen molar-refractivity contribution in [3.63, 3.8) is 0 Å². The van der Waals surface area contributed by atoms with Gasteiger partial charge in [-0.05, 0) is 50.2 Å². The monoisotopic (exact) mass is 376 g/mol. The number of fused-ring (bicyclic) bond motifs is 1. The first-order valence-electron chi connectivity index (χ1n) is 8.18. The van der Waals surface area contributed by atoms with Crippen LogP contribution in [0.4, 0.5) is 11.4 Å². The molecule has 0 aliphatic carbocycles. The van der Waals surface area contributed by atoms with Gasteiger partial charge in [-0.1, -0.05) is 0 Å². The van der Waals surface area contributed by atoms with Gasteiger partial charge in [0.2, 0.25) is 10.0 Å². The van der Waals surface area contributed by atoms with Crippen molar-refractivity contribution < 1.29 is 22.7 Å². The third kappa shape index (κ3) is 4.08. The molecule has 0 bridgehead atoms. The molecular weight excluding hydrogens is 356 g/mol. The van der Waals surface area contributed by atoms with Crippen LogP contribution in [-0.4, -0.2) is 32.8 Å². The van der Waals surface area contributed by atoms with Crippen LogP contribution in [0, 0.1) is 0 Å². The molecule has 0 saturated carbocycles. The number of hydrogen-bond acceptors (Lipinski definition) is 5. The van der Waals surface area contributed by atoms with Crippen LogP contribution < -0.4 is 19.5 Å². The lowest BCUT2D eigenvalue weighted by atomic mass is 10.2. The van der Waals surface area contributed by atoms with Gasteiger partial charge in [0.1, 0.15) is 13.2 Å². The van der Waals surface area contributed by atoms with E-state index in [-0.39, 0.29) is 5.91 Å². The number of hydrogen-bond donors (Lipinski definition) is 2. The van der Waals surface area contributed by atoms with Crippen molar-refractivity contribution in [2.24, 2.45) is 0 Å². The molecule has 1 heterocycles. The van der Waals surface area contributed by atoms with Gasteiger partial charge in [0, 0.05) is 23.0 Å². The summed E-state index contributed by atoms with van der Waals surface area (Å²) in [5.74, 6) is 0.934. The summed E-state index contributed by atoms with van der Waals surface area (Å²) in [6, 6.07) is 11.4. The number of ether oxygens (including phenoxy) is 2. The number of anilines is 2. The highest BCUT2D eigenvalue weighted by molar-refractivity contribution is 7.93. The van der Waals surface area contributed by atoms with E-state index < -0.39 is 15.3 Å². The van der Waals surface area contributed by atoms with Crippen molar-refractivity contribution in [3.05, 3.63) is 48.0 Å². The molecule has 0 spiro atoms. The minimum Gasteiger partial charge on any atom is -0.486 e. The first kappa shape index (κ1) is 18.1. The lowest BCUT2D eigenvalue weighted by Crippen LogP contribution is -2.22. The summed E-state index contributed by atoms with van der Waals surface area (Å²) in [5.41, 5.74) is 1.41. The van der Waals surface area contributed by atoms with Gasteiger partial charge in [-0.2, -0.15) is 0 Å². The Morgan fingerprint density at radius 2 is 1.58 bits per heavy atom. The van der Waals surface area contributed by atoms with Crippen LogP contribution in [0.25, 0.3) is 0 Å². The number of benzene rings is 2. The van der Waals surface area contributed by atoms with E-state index in [0.717, 1.165) is 0 Å². The lowest BCUT2D eigenvalue weighted by Gasteiger charge is -2.19. The number of amides is 1. The number of rotatable bonds is 5. The second-order valence-corrected chi connectivity index (χ2v) is 8.32. The van der Waals surface area contributed by atoms with E-state index in [1.165, 1.54) is 0 Å². The highest BCUT2D eigenvalue weighted by atomic mass is 32.2. The maximum atomic E-state index is 12.4. The molecule has 1 aliphatic rings. The first-order chi connectivity index (χ1) is 12.3. The molecule has 0 fully saturated rings. The van der Waals surface area contributed by atoms with Gasteiger partial charge in [0.25, 0.3) is 5.91 Å². The Balaban J connectivity index is 1.69. The van der Waals surface area contributed by atoms with Gasteiger partial charge >= 0.3 is 0 Å². The SMILES string of the molecule is CC(C)S(=O)(=O)Nc1ccc(C(=O)Nc2ccc3c(c2)OCCO3)cc1. The molecule has 0 radical (unpaired) electrons. The molecule has 1 aliphatic heterocycles. The molecule has 2 N–H and O–H groups in total. The van der Waals surface area contributed by atoms with Gasteiger partial charge in [-0.25, -0.2) is 8.42 Å². The summed E-state index contributed by atoms with van der Waals surface area (Å²) in [5, 5.41) is 2.24. The van der Waals surface area contributed by atoms with E-state index in [4.69, 9.17) is 9.47 Å². The third-order valence-corrected chi connectivity index (χ3v) is 5.59. The van der Waals surface area contributed by atoms with Crippen molar-refractivity contribution in [1.29, 1.82) is 0 Å². The fourth-order valence-electron chi connectivity index (χ4n) is 2.30. The van der Waals surface area contributed by atoms with Crippen molar-refractivity contribution in [1.82, 2.24) is 0 Å². The van der Waals surface area contributed by atoms with Crippen LogP contribution in [0.2, 0.25) is 0 Å². The first-order valence-corrected chi connectivity index (χ1v) is 9.72. The van der Waals surface area contributed by atoms with Crippen molar-refractivity contribution >= 4 is 27.3 Å². The van der Waals surface area contributed by atoms with Crippen LogP contribution in [0.15, 0.2) is 42.5 Å². The largest absolute Gasteiger partial charge is 0.486 e. The predicted molar refractivity (Wildman–Crippen MR) is 99.5 cm³/mol. The topological polar surface area (TPSA) is 93.7 Å². The summed E-state index contributed by atoms with van der Waals surface area (Å²) in [6.07, 6.45) is 0. The molecule has 0 aromatic heterocycles. The van der Waals surface area contributed by atoms with Gasteiger partial charge in [-0.15, -0.1) is 0 Å². The Morgan fingerprint density at radius 3 is 2.23 bits per heavy atom. The van der Waals surface area contributed by atoms with Gasteiger partial charge in [0.15, 0.2) is 11.5 Å². The Kier molecular flexibility index (Phi) is 5.03. The van der Waals surface area contributed by atoms with Crippen molar-refractivity contribution in [3.8, 4) is 11.5 Å². The lowest BCUT2D eigenvalue weighted by molar-refractivity contribution is 0.102. The fraction of sp³-hybridized carbons (Fsp3) is 0.278. The van der Waals surface area contributed by atoms with Gasteiger partial charge in [-0.3, -0.25) is 9.52 Å². The average Bonchev–Trinajstić information content (AvgIpc) is 2.61. The molecule has 3 rings (SSSR count). The maximum Gasteiger partial charge on any atom is 0.255 e.